The van der Waals surface area contributed by atoms with Gasteiger partial charge < -0.3 is 15.0 Å². The van der Waals surface area contributed by atoms with Gasteiger partial charge >= 0.3 is 0 Å². The van der Waals surface area contributed by atoms with E-state index < -0.39 is 5.91 Å². The van der Waals surface area contributed by atoms with Crippen molar-refractivity contribution in [2.24, 2.45) is 0 Å². The van der Waals surface area contributed by atoms with Gasteiger partial charge in [0.05, 0.1) is 16.4 Å². The summed E-state index contributed by atoms with van der Waals surface area (Å²) in [6.07, 6.45) is 1.51. The second-order valence-corrected chi connectivity index (χ2v) is 5.10. The second-order valence-electron chi connectivity index (χ2n) is 4.26. The summed E-state index contributed by atoms with van der Waals surface area (Å²) in [4.78, 5) is 26.3. The van der Waals surface area contributed by atoms with Crippen molar-refractivity contribution in [2.75, 3.05) is 11.9 Å². The molecule has 0 saturated heterocycles. The quantitative estimate of drug-likeness (QED) is 0.907. The maximum atomic E-state index is 11.8. The van der Waals surface area contributed by atoms with Crippen molar-refractivity contribution < 1.29 is 9.53 Å². The highest BCUT2D eigenvalue weighted by molar-refractivity contribution is 6.35. The van der Waals surface area contributed by atoms with Crippen molar-refractivity contribution in [1.29, 1.82) is 0 Å². The Balaban J connectivity index is 2.03. The van der Waals surface area contributed by atoms with Crippen LogP contribution in [-0.4, -0.2) is 17.5 Å². The van der Waals surface area contributed by atoms with Crippen LogP contribution in [0.2, 0.25) is 10.0 Å². The molecule has 0 aliphatic carbocycles. The van der Waals surface area contributed by atoms with Crippen LogP contribution in [0, 0.1) is 6.92 Å². The third-order valence-corrected chi connectivity index (χ3v) is 3.21. The van der Waals surface area contributed by atoms with Gasteiger partial charge in [-0.15, -0.1) is 0 Å². The van der Waals surface area contributed by atoms with E-state index >= 15 is 0 Å². The molecule has 0 aliphatic rings. The van der Waals surface area contributed by atoms with Crippen LogP contribution in [0.25, 0.3) is 0 Å². The molecule has 1 aromatic carbocycles. The summed E-state index contributed by atoms with van der Waals surface area (Å²) in [5.74, 6) is -0.327. The molecule has 1 aromatic heterocycles. The molecular formula is C14H12Cl2N2O3. The number of aryl methyl sites for hydroxylation is 1. The number of benzene rings is 1. The van der Waals surface area contributed by atoms with Gasteiger partial charge in [-0.25, -0.2) is 0 Å². The molecule has 0 spiro atoms. The summed E-state index contributed by atoms with van der Waals surface area (Å²) in [5.41, 5.74) is 0.646. The van der Waals surface area contributed by atoms with Crippen molar-refractivity contribution in [3.8, 4) is 5.75 Å². The minimum atomic E-state index is -0.443. The van der Waals surface area contributed by atoms with Crippen molar-refractivity contribution in [3.63, 3.8) is 0 Å². The van der Waals surface area contributed by atoms with E-state index in [4.69, 9.17) is 27.9 Å². The molecule has 0 unspecified atom stereocenters. The highest BCUT2D eigenvalue weighted by Gasteiger charge is 2.10. The topological polar surface area (TPSA) is 71.2 Å². The van der Waals surface area contributed by atoms with Crippen LogP contribution >= 0.6 is 23.2 Å². The number of aromatic nitrogens is 1. The third kappa shape index (κ3) is 4.00. The van der Waals surface area contributed by atoms with Crippen LogP contribution in [0.15, 0.2) is 35.3 Å². The molecule has 0 fully saturated rings. The van der Waals surface area contributed by atoms with E-state index in [1.54, 1.807) is 19.1 Å². The number of hydrogen-bond donors (Lipinski definition) is 2. The number of anilines is 1. The number of carbonyl (C=O) groups is 1. The van der Waals surface area contributed by atoms with Gasteiger partial charge in [0.25, 0.3) is 5.91 Å². The Morgan fingerprint density at radius 3 is 2.81 bits per heavy atom. The predicted molar refractivity (Wildman–Crippen MR) is 82.4 cm³/mol. The number of aromatic amines is 1. The number of carbonyl (C=O) groups excluding carboxylic acids is 1. The number of amides is 1. The molecule has 0 radical (unpaired) electrons. The average molecular weight is 327 g/mol. The van der Waals surface area contributed by atoms with E-state index in [0.29, 0.717) is 21.4 Å². The number of halogens is 2. The number of H-pyrrole nitrogens is 1. The van der Waals surface area contributed by atoms with E-state index in [0.717, 1.165) is 0 Å². The zero-order valence-corrected chi connectivity index (χ0v) is 12.6. The Morgan fingerprint density at radius 1 is 1.33 bits per heavy atom. The second kappa shape index (κ2) is 6.65. The van der Waals surface area contributed by atoms with Gasteiger partial charge in [0.15, 0.2) is 12.4 Å². The zero-order chi connectivity index (χ0) is 15.4. The lowest BCUT2D eigenvalue weighted by Gasteiger charge is -2.10. The van der Waals surface area contributed by atoms with E-state index in [9.17, 15) is 9.59 Å². The van der Waals surface area contributed by atoms with Gasteiger partial charge in [0, 0.05) is 17.3 Å². The number of ether oxygens (including phenoxy) is 1. The first-order chi connectivity index (χ1) is 9.97. The van der Waals surface area contributed by atoms with Gasteiger partial charge in [-0.2, -0.15) is 0 Å². The lowest BCUT2D eigenvalue weighted by molar-refractivity contribution is -0.118. The third-order valence-electron chi connectivity index (χ3n) is 2.65. The van der Waals surface area contributed by atoms with Crippen LogP contribution in [0.3, 0.4) is 0 Å². The number of nitrogens with one attached hydrogen (secondary N) is 2. The van der Waals surface area contributed by atoms with Gasteiger partial charge in [-0.1, -0.05) is 23.2 Å². The highest BCUT2D eigenvalue weighted by Crippen LogP contribution is 2.25. The molecule has 7 heteroatoms. The van der Waals surface area contributed by atoms with E-state index in [1.165, 1.54) is 18.3 Å². The fraction of sp³-hybridized carbons (Fsp3) is 0.143. The van der Waals surface area contributed by atoms with Gasteiger partial charge in [0.2, 0.25) is 5.43 Å². The summed E-state index contributed by atoms with van der Waals surface area (Å²) in [7, 11) is 0. The van der Waals surface area contributed by atoms with Crippen molar-refractivity contribution in [3.05, 3.63) is 56.4 Å². The van der Waals surface area contributed by atoms with Crippen molar-refractivity contribution in [2.45, 2.75) is 6.92 Å². The van der Waals surface area contributed by atoms with Crippen molar-refractivity contribution in [1.82, 2.24) is 4.98 Å². The largest absolute Gasteiger partial charge is 0.478 e. The molecule has 5 nitrogen and oxygen atoms in total. The van der Waals surface area contributed by atoms with Crippen LogP contribution in [0.5, 0.6) is 5.75 Å². The lowest BCUT2D eigenvalue weighted by Crippen LogP contribution is -2.22. The molecule has 21 heavy (non-hydrogen) atoms. The molecule has 0 aliphatic heterocycles. The molecule has 2 N–H and O–H groups in total. The van der Waals surface area contributed by atoms with Gasteiger partial charge in [-0.3, -0.25) is 9.59 Å². The van der Waals surface area contributed by atoms with E-state index in [-0.39, 0.29) is 17.8 Å². The minimum absolute atomic E-state index is 0.116. The summed E-state index contributed by atoms with van der Waals surface area (Å²) >= 11 is 11.8. The van der Waals surface area contributed by atoms with Gasteiger partial charge in [0.1, 0.15) is 0 Å². The van der Waals surface area contributed by atoms with Crippen LogP contribution in [-0.2, 0) is 4.79 Å². The molecule has 0 saturated carbocycles. The fourth-order valence-corrected chi connectivity index (χ4v) is 2.00. The van der Waals surface area contributed by atoms with E-state index in [2.05, 4.69) is 10.3 Å². The first kappa shape index (κ1) is 15.4. The normalized spacial score (nSPS) is 10.2. The van der Waals surface area contributed by atoms with Crippen molar-refractivity contribution >= 4 is 34.8 Å². The first-order valence-electron chi connectivity index (χ1n) is 6.03. The van der Waals surface area contributed by atoms with Gasteiger partial charge in [-0.05, 0) is 25.1 Å². The number of rotatable bonds is 4. The molecule has 0 atom stereocenters. The predicted octanol–water partition coefficient (Wildman–Crippen LogP) is 3.01. The lowest BCUT2D eigenvalue weighted by atomic mass is 10.3. The molecule has 110 valence electrons. The molecule has 2 aromatic rings. The minimum Gasteiger partial charge on any atom is -0.478 e. The summed E-state index contributed by atoms with van der Waals surface area (Å²) in [6, 6.07) is 6.05. The Labute approximate surface area is 130 Å². The zero-order valence-electron chi connectivity index (χ0n) is 11.1. The Morgan fingerprint density at radius 2 is 2.10 bits per heavy atom. The van der Waals surface area contributed by atoms with Crippen LogP contribution < -0.4 is 15.5 Å². The Kier molecular flexibility index (Phi) is 4.88. The fourth-order valence-electron chi connectivity index (χ4n) is 1.67. The molecule has 1 heterocycles. The molecule has 0 bridgehead atoms. The maximum absolute atomic E-state index is 11.8. The number of hydrogen-bond acceptors (Lipinski definition) is 3. The first-order valence-corrected chi connectivity index (χ1v) is 6.79. The smallest absolute Gasteiger partial charge is 0.262 e. The van der Waals surface area contributed by atoms with Crippen LogP contribution in [0.1, 0.15) is 5.69 Å². The monoisotopic (exact) mass is 326 g/mol. The number of pyridine rings is 1. The molecular weight excluding hydrogens is 315 g/mol. The van der Waals surface area contributed by atoms with E-state index in [1.807, 2.05) is 0 Å². The summed E-state index contributed by atoms with van der Waals surface area (Å²) in [6.45, 7) is 1.37. The Hall–Kier alpha value is -1.98. The standard InChI is InChI=1S/C14H12Cl2N2O3/c1-8-14(12(19)4-5-17-8)21-7-13(20)18-11-6-9(15)2-3-10(11)16/h2-6H,7H2,1H3,(H,17,19)(H,18,20). The summed E-state index contributed by atoms with van der Waals surface area (Å²) in [5, 5.41) is 3.38. The maximum Gasteiger partial charge on any atom is 0.262 e. The average Bonchev–Trinajstić information content (AvgIpc) is 2.42. The van der Waals surface area contributed by atoms with Crippen LogP contribution in [0.4, 0.5) is 5.69 Å². The molecule has 1 amide bonds. The SMILES string of the molecule is Cc1[nH]ccc(=O)c1OCC(=O)Nc1cc(Cl)ccc1Cl. The summed E-state index contributed by atoms with van der Waals surface area (Å²) < 4.78 is 5.24. The molecule has 2 rings (SSSR count). The highest BCUT2D eigenvalue weighted by atomic mass is 35.5. The Bertz CT molecular complexity index is 728.